The molecule has 0 saturated carbocycles. The van der Waals surface area contributed by atoms with E-state index in [9.17, 15) is 13.2 Å². The predicted molar refractivity (Wildman–Crippen MR) is 130 cm³/mol. The number of amides is 1. The molecule has 0 aliphatic carbocycles. The van der Waals surface area contributed by atoms with Crippen LogP contribution in [-0.2, 0) is 16.4 Å². The fourth-order valence-corrected chi connectivity index (χ4v) is 6.40. The normalized spacial score (nSPS) is 17.1. The van der Waals surface area contributed by atoms with E-state index in [4.69, 9.17) is 0 Å². The Bertz CT molecular complexity index is 1220. The standard InChI is InChI=1S/C24H28N4O3S2/c1-3-7-18-11-13-20(14-12-18)33(30,31)28-15-6-9-19(16-28)23-26-27-24(32-23)22(29)25-21-10-5-4-8-17(21)2/h4-5,8,10-14,19H,3,6-7,9,15-16H2,1-2H3,(H,25,29)/t19-/m0/s1. The molecule has 1 saturated heterocycles. The zero-order valence-corrected chi connectivity index (χ0v) is 20.5. The molecule has 1 fully saturated rings. The molecule has 1 atom stereocenters. The average Bonchev–Trinajstić information content (AvgIpc) is 3.32. The van der Waals surface area contributed by atoms with Crippen LogP contribution in [0.1, 0.15) is 58.0 Å². The number of anilines is 1. The van der Waals surface area contributed by atoms with Crippen molar-refractivity contribution in [2.45, 2.75) is 50.3 Å². The van der Waals surface area contributed by atoms with Gasteiger partial charge in [-0.1, -0.05) is 55.0 Å². The lowest BCUT2D eigenvalue weighted by Crippen LogP contribution is -2.39. The van der Waals surface area contributed by atoms with Gasteiger partial charge in [0.15, 0.2) is 0 Å². The average molecular weight is 485 g/mol. The van der Waals surface area contributed by atoms with Gasteiger partial charge in [-0.05, 0) is 55.5 Å². The van der Waals surface area contributed by atoms with E-state index in [1.807, 2.05) is 43.3 Å². The van der Waals surface area contributed by atoms with Crippen LogP contribution < -0.4 is 5.32 Å². The molecule has 0 radical (unpaired) electrons. The summed E-state index contributed by atoms with van der Waals surface area (Å²) in [5.74, 6) is -0.383. The van der Waals surface area contributed by atoms with E-state index in [0.29, 0.717) is 23.0 Å². The number of nitrogens with one attached hydrogen (secondary N) is 1. The van der Waals surface area contributed by atoms with E-state index in [1.54, 1.807) is 12.1 Å². The third-order valence-electron chi connectivity index (χ3n) is 5.86. The Morgan fingerprint density at radius 1 is 1.15 bits per heavy atom. The van der Waals surface area contributed by atoms with Gasteiger partial charge >= 0.3 is 0 Å². The molecule has 2 heterocycles. The third-order valence-corrected chi connectivity index (χ3v) is 8.83. The van der Waals surface area contributed by atoms with Crippen molar-refractivity contribution in [2.75, 3.05) is 18.4 Å². The van der Waals surface area contributed by atoms with Crippen LogP contribution in [0.2, 0.25) is 0 Å². The van der Waals surface area contributed by atoms with Gasteiger partial charge in [0.1, 0.15) is 5.01 Å². The summed E-state index contributed by atoms with van der Waals surface area (Å²) in [6, 6.07) is 14.7. The fraction of sp³-hybridized carbons (Fsp3) is 0.375. The van der Waals surface area contributed by atoms with Crippen molar-refractivity contribution in [3.63, 3.8) is 0 Å². The minimum absolute atomic E-state index is 0.0783. The Labute approximate surface area is 198 Å². The molecule has 0 unspecified atom stereocenters. The van der Waals surface area contributed by atoms with E-state index in [-0.39, 0.29) is 16.8 Å². The summed E-state index contributed by atoms with van der Waals surface area (Å²) >= 11 is 1.23. The van der Waals surface area contributed by atoms with Crippen molar-refractivity contribution in [1.82, 2.24) is 14.5 Å². The van der Waals surface area contributed by atoms with Crippen LogP contribution >= 0.6 is 11.3 Å². The zero-order valence-electron chi connectivity index (χ0n) is 18.8. The number of nitrogens with zero attached hydrogens (tertiary/aromatic N) is 3. The quantitative estimate of drug-likeness (QED) is 0.528. The monoisotopic (exact) mass is 484 g/mol. The van der Waals surface area contributed by atoms with Crippen LogP contribution in [0.25, 0.3) is 0 Å². The van der Waals surface area contributed by atoms with E-state index in [2.05, 4.69) is 22.4 Å². The molecule has 1 aliphatic heterocycles. The molecule has 2 aromatic carbocycles. The number of benzene rings is 2. The topological polar surface area (TPSA) is 92.3 Å². The predicted octanol–water partition coefficient (Wildman–Crippen LogP) is 4.62. The maximum Gasteiger partial charge on any atom is 0.286 e. The van der Waals surface area contributed by atoms with Gasteiger partial charge in [-0.3, -0.25) is 4.79 Å². The van der Waals surface area contributed by atoms with Crippen molar-refractivity contribution >= 4 is 33.0 Å². The van der Waals surface area contributed by atoms with Gasteiger partial charge in [0, 0.05) is 24.7 Å². The molecule has 9 heteroatoms. The molecule has 1 aliphatic rings. The highest BCUT2D eigenvalue weighted by Crippen LogP contribution is 2.32. The molecule has 174 valence electrons. The number of carbonyl (C=O) groups is 1. The molecule has 1 N–H and O–H groups in total. The van der Waals surface area contributed by atoms with Gasteiger partial charge in [0.05, 0.1) is 4.90 Å². The first-order valence-corrected chi connectivity index (χ1v) is 13.4. The summed E-state index contributed by atoms with van der Waals surface area (Å²) in [5, 5.41) is 12.2. The molecule has 0 spiro atoms. The van der Waals surface area contributed by atoms with E-state index >= 15 is 0 Å². The number of para-hydroxylation sites is 1. The van der Waals surface area contributed by atoms with Gasteiger partial charge in [0.2, 0.25) is 15.0 Å². The molecule has 1 amide bonds. The zero-order chi connectivity index (χ0) is 23.4. The molecule has 1 aromatic heterocycles. The summed E-state index contributed by atoms with van der Waals surface area (Å²) in [6.45, 7) is 4.85. The second kappa shape index (κ2) is 10.1. The van der Waals surface area contributed by atoms with Crippen molar-refractivity contribution in [3.8, 4) is 0 Å². The molecule has 3 aromatic rings. The first-order valence-electron chi connectivity index (χ1n) is 11.2. The molecule has 33 heavy (non-hydrogen) atoms. The number of aryl methyl sites for hydroxylation is 2. The third kappa shape index (κ3) is 5.31. The molecule has 0 bridgehead atoms. The van der Waals surface area contributed by atoms with Crippen LogP contribution in [0.3, 0.4) is 0 Å². The Balaban J connectivity index is 1.46. The number of sulfonamides is 1. The molecule has 7 nitrogen and oxygen atoms in total. The van der Waals surface area contributed by atoms with E-state index < -0.39 is 10.0 Å². The van der Waals surface area contributed by atoms with Crippen molar-refractivity contribution in [1.29, 1.82) is 0 Å². The maximum atomic E-state index is 13.2. The lowest BCUT2D eigenvalue weighted by atomic mass is 10.0. The molecular formula is C24H28N4O3S2. The number of hydrogen-bond donors (Lipinski definition) is 1. The smallest absolute Gasteiger partial charge is 0.286 e. The Kier molecular flexibility index (Phi) is 7.21. The van der Waals surface area contributed by atoms with Gasteiger partial charge in [-0.15, -0.1) is 10.2 Å². The minimum Gasteiger partial charge on any atom is -0.320 e. The highest BCUT2D eigenvalue weighted by atomic mass is 32.2. The first kappa shape index (κ1) is 23.5. The van der Waals surface area contributed by atoms with Gasteiger partial charge in [-0.25, -0.2) is 8.42 Å². The Morgan fingerprint density at radius 2 is 1.91 bits per heavy atom. The summed E-state index contributed by atoms with van der Waals surface area (Å²) < 4.78 is 28.0. The van der Waals surface area contributed by atoms with Crippen molar-refractivity contribution in [2.24, 2.45) is 0 Å². The summed E-state index contributed by atoms with van der Waals surface area (Å²) in [6.07, 6.45) is 3.51. The largest absolute Gasteiger partial charge is 0.320 e. The lowest BCUT2D eigenvalue weighted by Gasteiger charge is -2.30. The van der Waals surface area contributed by atoms with Crippen molar-refractivity contribution < 1.29 is 13.2 Å². The number of piperidine rings is 1. The Morgan fingerprint density at radius 3 is 2.64 bits per heavy atom. The fourth-order valence-electron chi connectivity index (χ4n) is 4.01. The minimum atomic E-state index is -3.58. The highest BCUT2D eigenvalue weighted by Gasteiger charge is 2.32. The number of carbonyl (C=O) groups excluding carboxylic acids is 1. The molecule has 4 rings (SSSR count). The number of hydrogen-bond acceptors (Lipinski definition) is 6. The number of rotatable bonds is 7. The van der Waals surface area contributed by atoms with Gasteiger partial charge < -0.3 is 5.32 Å². The second-order valence-electron chi connectivity index (χ2n) is 8.31. The van der Waals surface area contributed by atoms with Gasteiger partial charge in [0.25, 0.3) is 5.91 Å². The molecular weight excluding hydrogens is 456 g/mol. The van der Waals surface area contributed by atoms with Gasteiger partial charge in [-0.2, -0.15) is 4.31 Å². The second-order valence-corrected chi connectivity index (χ2v) is 11.3. The van der Waals surface area contributed by atoms with Crippen LogP contribution in [0.15, 0.2) is 53.4 Å². The lowest BCUT2D eigenvalue weighted by molar-refractivity contribution is 0.102. The van der Waals surface area contributed by atoms with E-state index in [0.717, 1.165) is 42.5 Å². The Hall–Kier alpha value is -2.62. The number of aromatic nitrogens is 2. The first-order chi connectivity index (χ1) is 15.9. The summed E-state index contributed by atoms with van der Waals surface area (Å²) in [4.78, 5) is 13.0. The summed E-state index contributed by atoms with van der Waals surface area (Å²) in [5.41, 5.74) is 2.84. The van der Waals surface area contributed by atoms with E-state index in [1.165, 1.54) is 15.6 Å². The maximum absolute atomic E-state index is 13.2. The van der Waals surface area contributed by atoms with Crippen LogP contribution in [-0.4, -0.2) is 41.9 Å². The van der Waals surface area contributed by atoms with Crippen LogP contribution in [0.4, 0.5) is 5.69 Å². The van der Waals surface area contributed by atoms with Crippen LogP contribution in [0.5, 0.6) is 0 Å². The summed E-state index contributed by atoms with van der Waals surface area (Å²) in [7, 11) is -3.58. The van der Waals surface area contributed by atoms with Crippen LogP contribution in [0, 0.1) is 6.92 Å². The SMILES string of the molecule is CCCc1ccc(S(=O)(=O)N2CCC[C@H](c3nnc(C(=O)Nc4ccccc4C)s3)C2)cc1. The van der Waals surface area contributed by atoms with Crippen molar-refractivity contribution in [3.05, 3.63) is 69.7 Å². The highest BCUT2D eigenvalue weighted by molar-refractivity contribution is 7.89.